The van der Waals surface area contributed by atoms with Gasteiger partial charge in [-0.1, -0.05) is 103 Å². The SMILES string of the molecule is O=C(c1ccccc1)C1(CSc2ccccc2)C(=O)N2C=Cc3ccccc3C2=C1c1ccccc1. The first-order valence-electron chi connectivity index (χ1n) is 11.9. The van der Waals surface area contributed by atoms with Crippen LogP contribution < -0.4 is 0 Å². The van der Waals surface area contributed by atoms with Crippen LogP contribution in [0.1, 0.15) is 27.0 Å². The van der Waals surface area contributed by atoms with Gasteiger partial charge in [-0.15, -0.1) is 11.8 Å². The molecule has 0 aromatic heterocycles. The number of fused-ring (bicyclic) bond motifs is 3. The van der Waals surface area contributed by atoms with Crippen LogP contribution >= 0.6 is 11.8 Å². The quantitative estimate of drug-likeness (QED) is 0.167. The smallest absolute Gasteiger partial charge is 0.250 e. The van der Waals surface area contributed by atoms with Crippen molar-refractivity contribution in [1.82, 2.24) is 4.90 Å². The molecule has 1 amide bonds. The predicted molar refractivity (Wildman–Crippen MR) is 146 cm³/mol. The number of benzene rings is 4. The summed E-state index contributed by atoms with van der Waals surface area (Å²) < 4.78 is 0. The fraction of sp³-hybridized carbons (Fsp3) is 0.0625. The van der Waals surface area contributed by atoms with Gasteiger partial charge in [-0.2, -0.15) is 0 Å². The molecular weight excluding hydrogens is 462 g/mol. The lowest BCUT2D eigenvalue weighted by atomic mass is 9.73. The second-order valence-electron chi connectivity index (χ2n) is 8.87. The Labute approximate surface area is 214 Å². The number of ketones is 1. The summed E-state index contributed by atoms with van der Waals surface area (Å²) in [4.78, 5) is 31.7. The first-order chi connectivity index (χ1) is 17.7. The summed E-state index contributed by atoms with van der Waals surface area (Å²) in [7, 11) is 0. The Morgan fingerprint density at radius 3 is 2.08 bits per heavy atom. The minimum Gasteiger partial charge on any atom is -0.293 e. The third-order valence-electron chi connectivity index (χ3n) is 6.79. The van der Waals surface area contributed by atoms with Gasteiger partial charge in [-0.3, -0.25) is 14.5 Å². The molecule has 36 heavy (non-hydrogen) atoms. The van der Waals surface area contributed by atoms with Crippen molar-refractivity contribution in [2.45, 2.75) is 4.90 Å². The van der Waals surface area contributed by atoms with Crippen molar-refractivity contribution in [1.29, 1.82) is 0 Å². The second kappa shape index (κ2) is 9.14. The van der Waals surface area contributed by atoms with Crippen molar-refractivity contribution in [3.63, 3.8) is 0 Å². The highest BCUT2D eigenvalue weighted by molar-refractivity contribution is 7.99. The van der Waals surface area contributed by atoms with Crippen molar-refractivity contribution in [3.8, 4) is 0 Å². The Balaban J connectivity index is 1.64. The van der Waals surface area contributed by atoms with Crippen molar-refractivity contribution in [2.75, 3.05) is 5.75 Å². The van der Waals surface area contributed by atoms with Crippen LogP contribution in [0, 0.1) is 5.41 Å². The van der Waals surface area contributed by atoms with Crippen molar-refractivity contribution < 1.29 is 9.59 Å². The molecule has 6 rings (SSSR count). The number of amides is 1. The van der Waals surface area contributed by atoms with Gasteiger partial charge in [0.15, 0.2) is 5.78 Å². The van der Waals surface area contributed by atoms with Gasteiger partial charge in [0.25, 0.3) is 5.91 Å². The van der Waals surface area contributed by atoms with E-state index in [2.05, 4.69) is 0 Å². The lowest BCUT2D eigenvalue weighted by molar-refractivity contribution is -0.129. The van der Waals surface area contributed by atoms with E-state index in [0.29, 0.717) is 11.3 Å². The number of carbonyl (C=O) groups excluding carboxylic acids is 2. The van der Waals surface area contributed by atoms with Crippen LogP contribution in [-0.2, 0) is 4.79 Å². The number of hydrogen-bond acceptors (Lipinski definition) is 3. The van der Waals surface area contributed by atoms with E-state index in [4.69, 9.17) is 0 Å². The highest BCUT2D eigenvalue weighted by atomic mass is 32.2. The van der Waals surface area contributed by atoms with Crippen LogP contribution in [0.2, 0.25) is 0 Å². The van der Waals surface area contributed by atoms with Crippen LogP contribution in [0.3, 0.4) is 0 Å². The lowest BCUT2D eigenvalue weighted by Crippen LogP contribution is -2.44. The van der Waals surface area contributed by atoms with Gasteiger partial charge < -0.3 is 0 Å². The summed E-state index contributed by atoms with van der Waals surface area (Å²) >= 11 is 1.54. The molecule has 0 fully saturated rings. The van der Waals surface area contributed by atoms with E-state index in [9.17, 15) is 9.59 Å². The molecule has 0 saturated heterocycles. The molecule has 0 bridgehead atoms. The zero-order chi connectivity index (χ0) is 24.5. The lowest BCUT2D eigenvalue weighted by Gasteiger charge is -2.29. The fourth-order valence-electron chi connectivity index (χ4n) is 5.10. The number of carbonyl (C=O) groups is 2. The molecule has 0 N–H and O–H groups in total. The first kappa shape index (κ1) is 22.3. The van der Waals surface area contributed by atoms with E-state index in [-0.39, 0.29) is 11.7 Å². The molecule has 174 valence electrons. The number of rotatable bonds is 6. The van der Waals surface area contributed by atoms with Gasteiger partial charge in [0, 0.05) is 33.5 Å². The highest BCUT2D eigenvalue weighted by Gasteiger charge is 2.58. The molecule has 4 heteroatoms. The average Bonchev–Trinajstić information content (AvgIpc) is 3.22. The average molecular weight is 486 g/mol. The van der Waals surface area contributed by atoms with Gasteiger partial charge in [0.1, 0.15) is 5.41 Å². The summed E-state index contributed by atoms with van der Waals surface area (Å²) in [6.07, 6.45) is 3.77. The Morgan fingerprint density at radius 1 is 0.750 bits per heavy atom. The summed E-state index contributed by atoms with van der Waals surface area (Å²) in [6, 6.07) is 37.1. The van der Waals surface area contributed by atoms with Crippen LogP contribution in [-0.4, -0.2) is 22.3 Å². The van der Waals surface area contributed by atoms with Crippen molar-refractivity contribution in [3.05, 3.63) is 144 Å². The molecule has 0 spiro atoms. The summed E-state index contributed by atoms with van der Waals surface area (Å²) in [5.41, 5.74) is 3.57. The van der Waals surface area contributed by atoms with Crippen LogP contribution in [0.5, 0.6) is 0 Å². The Hall–Kier alpha value is -4.15. The Morgan fingerprint density at radius 2 is 1.36 bits per heavy atom. The molecule has 0 aliphatic carbocycles. The minimum absolute atomic E-state index is 0.178. The topological polar surface area (TPSA) is 37.4 Å². The maximum atomic E-state index is 14.5. The minimum atomic E-state index is -1.39. The van der Waals surface area contributed by atoms with E-state index in [1.807, 2.05) is 115 Å². The van der Waals surface area contributed by atoms with Crippen LogP contribution in [0.15, 0.2) is 126 Å². The zero-order valence-corrected chi connectivity index (χ0v) is 20.3. The Bertz CT molecular complexity index is 1510. The molecule has 1 unspecified atom stereocenters. The van der Waals surface area contributed by atoms with Gasteiger partial charge in [-0.25, -0.2) is 0 Å². The monoisotopic (exact) mass is 485 g/mol. The van der Waals surface area contributed by atoms with Gasteiger partial charge >= 0.3 is 0 Å². The number of thioether (sulfide) groups is 1. The fourth-order valence-corrected chi connectivity index (χ4v) is 6.23. The van der Waals surface area contributed by atoms with E-state index in [1.165, 1.54) is 0 Å². The first-order valence-corrected chi connectivity index (χ1v) is 12.9. The van der Waals surface area contributed by atoms with E-state index in [0.717, 1.165) is 32.9 Å². The molecule has 0 radical (unpaired) electrons. The molecule has 2 heterocycles. The van der Waals surface area contributed by atoms with Gasteiger partial charge in [0.2, 0.25) is 0 Å². The number of nitrogens with zero attached hydrogens (tertiary/aromatic N) is 1. The molecule has 2 aliphatic rings. The standard InChI is InChI=1S/C32H23NO2S/c34-30(25-15-6-2-7-16-25)32(22-36-26-17-8-3-9-18-26)28(24-13-4-1-5-14-24)29-27-19-11-10-12-23(27)20-21-33(29)31(32)35/h1-21H,22H2. The molecular formula is C32H23NO2S. The molecule has 3 nitrogen and oxygen atoms in total. The third kappa shape index (κ3) is 3.53. The Kier molecular flexibility index (Phi) is 5.67. The number of Topliss-reactive ketones (excluding diaryl/α,β-unsaturated/α-hetero) is 1. The van der Waals surface area contributed by atoms with Crippen LogP contribution in [0.25, 0.3) is 17.3 Å². The molecule has 1 atom stereocenters. The predicted octanol–water partition coefficient (Wildman–Crippen LogP) is 7.04. The zero-order valence-electron chi connectivity index (χ0n) is 19.5. The van der Waals surface area contributed by atoms with E-state index >= 15 is 0 Å². The summed E-state index contributed by atoms with van der Waals surface area (Å²) in [6.45, 7) is 0. The second-order valence-corrected chi connectivity index (χ2v) is 9.92. The maximum Gasteiger partial charge on any atom is 0.250 e. The van der Waals surface area contributed by atoms with Gasteiger partial charge in [-0.05, 0) is 29.3 Å². The summed E-state index contributed by atoms with van der Waals surface area (Å²) in [5.74, 6) is -0.0911. The van der Waals surface area contributed by atoms with Crippen LogP contribution in [0.4, 0.5) is 0 Å². The van der Waals surface area contributed by atoms with Crippen molar-refractivity contribution >= 4 is 40.8 Å². The molecule has 4 aromatic rings. The van der Waals surface area contributed by atoms with E-state index < -0.39 is 5.41 Å². The third-order valence-corrected chi connectivity index (χ3v) is 7.97. The van der Waals surface area contributed by atoms with Gasteiger partial charge in [0.05, 0.1) is 5.70 Å². The molecule has 4 aromatic carbocycles. The summed E-state index contributed by atoms with van der Waals surface area (Å²) in [5, 5.41) is 0. The number of hydrogen-bond donors (Lipinski definition) is 0. The molecule has 2 aliphatic heterocycles. The highest BCUT2D eigenvalue weighted by Crippen LogP contribution is 2.55. The normalized spacial score (nSPS) is 18.2. The van der Waals surface area contributed by atoms with E-state index in [1.54, 1.807) is 28.8 Å². The van der Waals surface area contributed by atoms with Crippen molar-refractivity contribution in [2.24, 2.45) is 5.41 Å². The molecule has 0 saturated carbocycles. The maximum absolute atomic E-state index is 14.5. The largest absolute Gasteiger partial charge is 0.293 e.